The second-order valence-corrected chi connectivity index (χ2v) is 4.10. The summed E-state index contributed by atoms with van der Waals surface area (Å²) in [5.41, 5.74) is 2.18. The molecule has 1 amide bonds. The molecule has 0 radical (unpaired) electrons. The third-order valence-electron chi connectivity index (χ3n) is 3.31. The first-order valence-electron chi connectivity index (χ1n) is 5.28. The number of nitrogens with zero attached hydrogens (tertiary/aromatic N) is 1. The molecular formula is C12H13NO. The van der Waals surface area contributed by atoms with Crippen LogP contribution in [0.3, 0.4) is 0 Å². The van der Waals surface area contributed by atoms with Gasteiger partial charge in [-0.2, -0.15) is 0 Å². The van der Waals surface area contributed by atoms with Gasteiger partial charge in [0.2, 0.25) is 0 Å². The molecule has 0 aromatic heterocycles. The van der Waals surface area contributed by atoms with Crippen LogP contribution in [0.1, 0.15) is 41.2 Å². The molecule has 1 aromatic carbocycles. The fourth-order valence-electron chi connectivity index (χ4n) is 2.64. The summed E-state index contributed by atoms with van der Waals surface area (Å²) >= 11 is 0. The number of hydrogen-bond donors (Lipinski definition) is 0. The van der Waals surface area contributed by atoms with Gasteiger partial charge in [-0.3, -0.25) is 4.79 Å². The molecule has 1 fully saturated rings. The summed E-state index contributed by atoms with van der Waals surface area (Å²) in [6.45, 7) is 0.943. The van der Waals surface area contributed by atoms with Crippen LogP contribution in [0.15, 0.2) is 24.3 Å². The lowest BCUT2D eigenvalue weighted by atomic mass is 9.98. The van der Waals surface area contributed by atoms with E-state index in [9.17, 15) is 4.79 Å². The molecule has 72 valence electrons. The Morgan fingerprint density at radius 2 is 2.07 bits per heavy atom. The highest BCUT2D eigenvalue weighted by Gasteiger charge is 2.37. The summed E-state index contributed by atoms with van der Waals surface area (Å²) in [5, 5.41) is 0. The second-order valence-electron chi connectivity index (χ2n) is 4.10. The van der Waals surface area contributed by atoms with Crippen LogP contribution >= 0.6 is 0 Å². The largest absolute Gasteiger partial charge is 0.332 e. The number of benzene rings is 1. The maximum absolute atomic E-state index is 12.0. The number of piperidine rings is 1. The highest BCUT2D eigenvalue weighted by atomic mass is 16.2. The van der Waals surface area contributed by atoms with Crippen molar-refractivity contribution in [3.05, 3.63) is 35.4 Å². The van der Waals surface area contributed by atoms with Gasteiger partial charge in [0.15, 0.2) is 0 Å². The highest BCUT2D eigenvalue weighted by Crippen LogP contribution is 2.39. The maximum atomic E-state index is 12.0. The van der Waals surface area contributed by atoms with E-state index in [-0.39, 0.29) is 5.91 Å². The van der Waals surface area contributed by atoms with Crippen molar-refractivity contribution >= 4 is 5.91 Å². The van der Waals surface area contributed by atoms with Gasteiger partial charge < -0.3 is 4.90 Å². The van der Waals surface area contributed by atoms with Crippen molar-refractivity contribution in [1.29, 1.82) is 0 Å². The Morgan fingerprint density at radius 3 is 3.00 bits per heavy atom. The Kier molecular flexibility index (Phi) is 1.63. The van der Waals surface area contributed by atoms with Crippen molar-refractivity contribution in [3.8, 4) is 0 Å². The summed E-state index contributed by atoms with van der Waals surface area (Å²) in [6.07, 6.45) is 3.56. The van der Waals surface area contributed by atoms with Gasteiger partial charge in [0, 0.05) is 12.1 Å². The summed E-state index contributed by atoms with van der Waals surface area (Å²) in [7, 11) is 0. The molecular weight excluding hydrogens is 174 g/mol. The van der Waals surface area contributed by atoms with Gasteiger partial charge in [0.25, 0.3) is 5.91 Å². The lowest BCUT2D eigenvalue weighted by molar-refractivity contribution is 0.0672. The van der Waals surface area contributed by atoms with E-state index < -0.39 is 0 Å². The zero-order valence-corrected chi connectivity index (χ0v) is 8.07. The van der Waals surface area contributed by atoms with Crippen LogP contribution in [-0.2, 0) is 0 Å². The summed E-state index contributed by atoms with van der Waals surface area (Å²) in [6, 6.07) is 8.42. The average Bonchev–Trinajstić information content (AvgIpc) is 2.55. The molecule has 1 saturated heterocycles. The first-order chi connectivity index (χ1) is 6.88. The SMILES string of the molecule is O=C1c2ccccc2C2CCCCN12. The van der Waals surface area contributed by atoms with Crippen molar-refractivity contribution in [1.82, 2.24) is 4.90 Å². The summed E-state index contributed by atoms with van der Waals surface area (Å²) in [5.74, 6) is 0.241. The van der Waals surface area contributed by atoms with E-state index >= 15 is 0 Å². The molecule has 1 atom stereocenters. The Balaban J connectivity index is 2.11. The monoisotopic (exact) mass is 187 g/mol. The number of hydrogen-bond acceptors (Lipinski definition) is 1. The summed E-state index contributed by atoms with van der Waals surface area (Å²) in [4.78, 5) is 14.0. The molecule has 0 aliphatic carbocycles. The van der Waals surface area contributed by atoms with E-state index in [2.05, 4.69) is 6.07 Å². The van der Waals surface area contributed by atoms with Crippen molar-refractivity contribution in [3.63, 3.8) is 0 Å². The molecule has 1 unspecified atom stereocenters. The minimum absolute atomic E-state index is 0.241. The van der Waals surface area contributed by atoms with Crippen LogP contribution in [0.2, 0.25) is 0 Å². The second kappa shape index (κ2) is 2.84. The van der Waals surface area contributed by atoms with Crippen LogP contribution in [0, 0.1) is 0 Å². The van der Waals surface area contributed by atoms with Crippen LogP contribution < -0.4 is 0 Å². The van der Waals surface area contributed by atoms with E-state index in [4.69, 9.17) is 0 Å². The average molecular weight is 187 g/mol. The Labute approximate surface area is 83.5 Å². The van der Waals surface area contributed by atoms with Gasteiger partial charge in [-0.15, -0.1) is 0 Å². The molecule has 2 aliphatic heterocycles. The molecule has 2 nitrogen and oxygen atoms in total. The van der Waals surface area contributed by atoms with Gasteiger partial charge in [-0.25, -0.2) is 0 Å². The van der Waals surface area contributed by atoms with E-state index in [0.29, 0.717) is 6.04 Å². The third-order valence-corrected chi connectivity index (χ3v) is 3.31. The van der Waals surface area contributed by atoms with Gasteiger partial charge in [0.05, 0.1) is 6.04 Å². The third kappa shape index (κ3) is 0.939. The van der Waals surface area contributed by atoms with Crippen LogP contribution in [0.25, 0.3) is 0 Å². The lowest BCUT2D eigenvalue weighted by Crippen LogP contribution is -2.32. The van der Waals surface area contributed by atoms with Gasteiger partial charge in [0.1, 0.15) is 0 Å². The zero-order chi connectivity index (χ0) is 9.54. The van der Waals surface area contributed by atoms with Crippen molar-refractivity contribution < 1.29 is 4.79 Å². The highest BCUT2D eigenvalue weighted by molar-refractivity contribution is 5.99. The maximum Gasteiger partial charge on any atom is 0.254 e. The first kappa shape index (κ1) is 8.04. The number of carbonyl (C=O) groups excluding carboxylic acids is 1. The molecule has 2 aliphatic rings. The Morgan fingerprint density at radius 1 is 1.21 bits per heavy atom. The predicted molar refractivity (Wildman–Crippen MR) is 54.1 cm³/mol. The van der Waals surface area contributed by atoms with Crippen LogP contribution in [-0.4, -0.2) is 17.4 Å². The smallest absolute Gasteiger partial charge is 0.254 e. The topological polar surface area (TPSA) is 20.3 Å². The van der Waals surface area contributed by atoms with E-state index in [1.807, 2.05) is 23.1 Å². The molecule has 0 N–H and O–H groups in total. The summed E-state index contributed by atoms with van der Waals surface area (Å²) < 4.78 is 0. The van der Waals surface area contributed by atoms with Gasteiger partial charge >= 0.3 is 0 Å². The van der Waals surface area contributed by atoms with E-state index in [1.165, 1.54) is 12.0 Å². The van der Waals surface area contributed by atoms with Crippen LogP contribution in [0.5, 0.6) is 0 Å². The van der Waals surface area contributed by atoms with E-state index in [1.54, 1.807) is 0 Å². The predicted octanol–water partition coefficient (Wildman–Crippen LogP) is 2.37. The Hall–Kier alpha value is -1.31. The number of rotatable bonds is 0. The molecule has 0 spiro atoms. The molecule has 2 heterocycles. The zero-order valence-electron chi connectivity index (χ0n) is 8.07. The van der Waals surface area contributed by atoms with Crippen LogP contribution in [0.4, 0.5) is 0 Å². The standard InChI is InChI=1S/C12H13NO/c14-12-10-6-2-1-5-9(10)11-7-3-4-8-13(11)12/h1-2,5-6,11H,3-4,7-8H2. The molecule has 0 bridgehead atoms. The van der Waals surface area contributed by atoms with Crippen molar-refractivity contribution in [2.45, 2.75) is 25.3 Å². The number of carbonyl (C=O) groups is 1. The normalized spacial score (nSPS) is 24.7. The molecule has 3 rings (SSSR count). The number of fused-ring (bicyclic) bond motifs is 3. The molecule has 0 saturated carbocycles. The quantitative estimate of drug-likeness (QED) is 0.610. The lowest BCUT2D eigenvalue weighted by Gasteiger charge is -2.29. The van der Waals surface area contributed by atoms with Crippen molar-refractivity contribution in [2.75, 3.05) is 6.54 Å². The van der Waals surface area contributed by atoms with Gasteiger partial charge in [-0.1, -0.05) is 18.2 Å². The molecule has 14 heavy (non-hydrogen) atoms. The Bertz CT molecular complexity index is 386. The van der Waals surface area contributed by atoms with Crippen molar-refractivity contribution in [2.24, 2.45) is 0 Å². The number of amides is 1. The van der Waals surface area contributed by atoms with E-state index in [0.717, 1.165) is 24.9 Å². The first-order valence-corrected chi connectivity index (χ1v) is 5.28. The fourth-order valence-corrected chi connectivity index (χ4v) is 2.64. The minimum Gasteiger partial charge on any atom is -0.332 e. The molecule has 1 aromatic rings. The molecule has 2 heteroatoms. The fraction of sp³-hybridized carbons (Fsp3) is 0.417. The minimum atomic E-state index is 0.241. The van der Waals surface area contributed by atoms with Gasteiger partial charge in [-0.05, 0) is 30.9 Å².